The van der Waals surface area contributed by atoms with Gasteiger partial charge in [0.1, 0.15) is 12.7 Å². The first-order valence-corrected chi connectivity index (χ1v) is 10.4. The van der Waals surface area contributed by atoms with Gasteiger partial charge in [-0.1, -0.05) is 12.1 Å². The SMILES string of the molecule is O=S(=O)(N1CCCC1)N1CCN(C[C@@H]2COc3ccccc3O2)CC1. The molecule has 0 amide bonds. The van der Waals surface area contributed by atoms with E-state index in [9.17, 15) is 8.42 Å². The maximum absolute atomic E-state index is 12.6. The van der Waals surface area contributed by atoms with Crippen molar-refractivity contribution in [3.8, 4) is 11.5 Å². The number of fused-ring (bicyclic) bond motifs is 1. The molecule has 0 aromatic heterocycles. The van der Waals surface area contributed by atoms with E-state index >= 15 is 0 Å². The maximum atomic E-state index is 12.6. The molecule has 0 spiro atoms. The molecule has 2 fully saturated rings. The van der Waals surface area contributed by atoms with Gasteiger partial charge in [-0.25, -0.2) is 0 Å². The van der Waals surface area contributed by atoms with Crippen LogP contribution in [-0.2, 0) is 10.2 Å². The lowest BCUT2D eigenvalue weighted by molar-refractivity contribution is 0.0489. The Kier molecular flexibility index (Phi) is 4.86. The lowest BCUT2D eigenvalue weighted by Crippen LogP contribution is -2.54. The molecule has 3 heterocycles. The molecule has 0 bridgehead atoms. The van der Waals surface area contributed by atoms with E-state index in [4.69, 9.17) is 9.47 Å². The zero-order valence-electron chi connectivity index (χ0n) is 14.3. The Balaban J connectivity index is 1.29. The molecule has 0 aliphatic carbocycles. The van der Waals surface area contributed by atoms with Crippen molar-refractivity contribution in [2.75, 3.05) is 52.4 Å². The molecule has 0 radical (unpaired) electrons. The Morgan fingerprint density at radius 1 is 0.920 bits per heavy atom. The predicted octanol–water partition coefficient (Wildman–Crippen LogP) is 0.785. The molecule has 3 aliphatic rings. The van der Waals surface area contributed by atoms with Crippen LogP contribution in [0.5, 0.6) is 11.5 Å². The first kappa shape index (κ1) is 17.1. The van der Waals surface area contributed by atoms with Crippen molar-refractivity contribution in [1.82, 2.24) is 13.5 Å². The minimum atomic E-state index is -3.27. The molecule has 1 aromatic carbocycles. The molecule has 1 atom stereocenters. The third-order valence-corrected chi connectivity index (χ3v) is 7.11. The van der Waals surface area contributed by atoms with Gasteiger partial charge in [0.2, 0.25) is 0 Å². The van der Waals surface area contributed by atoms with E-state index in [1.807, 2.05) is 24.3 Å². The van der Waals surface area contributed by atoms with E-state index in [0.717, 1.165) is 44.0 Å². The molecule has 0 unspecified atom stereocenters. The molecular formula is C17H25N3O4S. The van der Waals surface area contributed by atoms with Crippen LogP contribution in [0.4, 0.5) is 0 Å². The van der Waals surface area contributed by atoms with Crippen LogP contribution in [0.3, 0.4) is 0 Å². The second-order valence-electron chi connectivity index (χ2n) is 6.81. The van der Waals surface area contributed by atoms with E-state index < -0.39 is 10.2 Å². The minimum absolute atomic E-state index is 0.0170. The summed E-state index contributed by atoms with van der Waals surface area (Å²) in [6.45, 7) is 5.16. The van der Waals surface area contributed by atoms with Gasteiger partial charge in [-0.05, 0) is 25.0 Å². The number of nitrogens with zero attached hydrogens (tertiary/aromatic N) is 3. The Hall–Kier alpha value is -1.35. The van der Waals surface area contributed by atoms with Crippen LogP contribution in [0.1, 0.15) is 12.8 Å². The minimum Gasteiger partial charge on any atom is -0.486 e. The van der Waals surface area contributed by atoms with Crippen molar-refractivity contribution in [2.45, 2.75) is 18.9 Å². The molecule has 0 N–H and O–H groups in total. The van der Waals surface area contributed by atoms with E-state index in [0.29, 0.717) is 32.8 Å². The first-order chi connectivity index (χ1) is 12.1. The average molecular weight is 367 g/mol. The summed E-state index contributed by atoms with van der Waals surface area (Å²) in [4.78, 5) is 2.26. The summed E-state index contributed by atoms with van der Waals surface area (Å²) >= 11 is 0. The molecule has 3 aliphatic heterocycles. The van der Waals surface area contributed by atoms with Crippen LogP contribution in [-0.4, -0.2) is 80.5 Å². The lowest BCUT2D eigenvalue weighted by Gasteiger charge is -2.37. The van der Waals surface area contributed by atoms with E-state index in [2.05, 4.69) is 4.90 Å². The fourth-order valence-corrected chi connectivity index (χ4v) is 5.34. The first-order valence-electron chi connectivity index (χ1n) is 8.99. The van der Waals surface area contributed by atoms with E-state index in [1.54, 1.807) is 8.61 Å². The van der Waals surface area contributed by atoms with Gasteiger partial charge < -0.3 is 9.47 Å². The van der Waals surface area contributed by atoms with Gasteiger partial charge in [-0.3, -0.25) is 4.90 Å². The van der Waals surface area contributed by atoms with E-state index in [-0.39, 0.29) is 6.10 Å². The number of benzene rings is 1. The number of ether oxygens (including phenoxy) is 2. The normalized spacial score (nSPS) is 26.0. The highest BCUT2D eigenvalue weighted by atomic mass is 32.2. The summed E-state index contributed by atoms with van der Waals surface area (Å²) in [5.41, 5.74) is 0. The fourth-order valence-electron chi connectivity index (χ4n) is 3.67. The summed E-state index contributed by atoms with van der Waals surface area (Å²) in [6, 6.07) is 7.70. The Bertz CT molecular complexity index is 698. The number of rotatable bonds is 4. The summed E-state index contributed by atoms with van der Waals surface area (Å²) in [5, 5.41) is 0. The van der Waals surface area contributed by atoms with Crippen LogP contribution in [0, 0.1) is 0 Å². The summed E-state index contributed by atoms with van der Waals surface area (Å²) in [5.74, 6) is 1.58. The molecular weight excluding hydrogens is 342 g/mol. The Morgan fingerprint density at radius 2 is 1.56 bits per heavy atom. The van der Waals surface area contributed by atoms with Crippen LogP contribution < -0.4 is 9.47 Å². The summed E-state index contributed by atoms with van der Waals surface area (Å²) in [7, 11) is -3.27. The Morgan fingerprint density at radius 3 is 2.28 bits per heavy atom. The zero-order chi connectivity index (χ0) is 17.3. The number of piperazine rings is 1. The highest BCUT2D eigenvalue weighted by Gasteiger charge is 2.34. The molecule has 2 saturated heterocycles. The average Bonchev–Trinajstić information content (AvgIpc) is 3.18. The fraction of sp³-hybridized carbons (Fsp3) is 0.647. The second-order valence-corrected chi connectivity index (χ2v) is 8.74. The van der Waals surface area contributed by atoms with Crippen molar-refractivity contribution in [1.29, 1.82) is 0 Å². The monoisotopic (exact) mass is 367 g/mol. The van der Waals surface area contributed by atoms with Crippen molar-refractivity contribution in [3.05, 3.63) is 24.3 Å². The quantitative estimate of drug-likeness (QED) is 0.787. The number of hydrogen-bond acceptors (Lipinski definition) is 5. The van der Waals surface area contributed by atoms with Crippen LogP contribution >= 0.6 is 0 Å². The molecule has 25 heavy (non-hydrogen) atoms. The van der Waals surface area contributed by atoms with Crippen molar-refractivity contribution in [2.24, 2.45) is 0 Å². The molecule has 7 nitrogen and oxygen atoms in total. The predicted molar refractivity (Wildman–Crippen MR) is 94.1 cm³/mol. The summed E-state index contributed by atoms with van der Waals surface area (Å²) < 4.78 is 40.2. The summed E-state index contributed by atoms with van der Waals surface area (Å²) in [6.07, 6.45) is 1.93. The van der Waals surface area contributed by atoms with Gasteiger partial charge in [0.05, 0.1) is 0 Å². The largest absolute Gasteiger partial charge is 0.486 e. The molecule has 4 rings (SSSR count). The van der Waals surface area contributed by atoms with Gasteiger partial charge in [0.25, 0.3) is 10.2 Å². The van der Waals surface area contributed by atoms with Crippen molar-refractivity contribution in [3.63, 3.8) is 0 Å². The topological polar surface area (TPSA) is 62.3 Å². The maximum Gasteiger partial charge on any atom is 0.282 e. The Labute approximate surface area is 149 Å². The molecule has 1 aromatic rings. The van der Waals surface area contributed by atoms with Gasteiger partial charge in [0.15, 0.2) is 11.5 Å². The van der Waals surface area contributed by atoms with Crippen molar-refractivity contribution < 1.29 is 17.9 Å². The molecule has 8 heteroatoms. The number of para-hydroxylation sites is 2. The standard InChI is InChI=1S/C17H25N3O4S/c21-25(22,19-7-3-4-8-19)20-11-9-18(10-12-20)13-15-14-23-16-5-1-2-6-17(16)24-15/h1-2,5-6,15H,3-4,7-14H2/t15-/m1/s1. The van der Waals surface area contributed by atoms with Gasteiger partial charge in [0, 0.05) is 45.8 Å². The third-order valence-electron chi connectivity index (χ3n) is 5.08. The van der Waals surface area contributed by atoms with Crippen molar-refractivity contribution >= 4 is 10.2 Å². The van der Waals surface area contributed by atoms with Crippen LogP contribution in [0.15, 0.2) is 24.3 Å². The van der Waals surface area contributed by atoms with Crippen LogP contribution in [0.2, 0.25) is 0 Å². The van der Waals surface area contributed by atoms with Gasteiger partial charge in [-0.15, -0.1) is 0 Å². The second kappa shape index (κ2) is 7.11. The molecule has 0 saturated carbocycles. The zero-order valence-corrected chi connectivity index (χ0v) is 15.2. The van der Waals surface area contributed by atoms with Gasteiger partial charge in [-0.2, -0.15) is 17.0 Å². The van der Waals surface area contributed by atoms with Crippen LogP contribution in [0.25, 0.3) is 0 Å². The highest BCUT2D eigenvalue weighted by molar-refractivity contribution is 7.86. The smallest absolute Gasteiger partial charge is 0.282 e. The number of hydrogen-bond donors (Lipinski definition) is 0. The van der Waals surface area contributed by atoms with E-state index in [1.165, 1.54) is 0 Å². The molecule has 138 valence electrons. The lowest BCUT2D eigenvalue weighted by atomic mass is 10.2. The third kappa shape index (κ3) is 3.62. The van der Waals surface area contributed by atoms with Gasteiger partial charge >= 0.3 is 0 Å². The highest BCUT2D eigenvalue weighted by Crippen LogP contribution is 2.31.